The summed E-state index contributed by atoms with van der Waals surface area (Å²) >= 11 is 1.36. The van der Waals surface area contributed by atoms with Crippen LogP contribution in [0.15, 0.2) is 34.3 Å². The molecule has 1 amide bonds. The van der Waals surface area contributed by atoms with Crippen LogP contribution in [0.1, 0.15) is 36.1 Å². The number of ether oxygens (including phenoxy) is 1. The molecule has 0 radical (unpaired) electrons. The molecule has 2 aliphatic rings. The second-order valence-electron chi connectivity index (χ2n) is 7.15. The molecule has 4 rings (SSSR count). The summed E-state index contributed by atoms with van der Waals surface area (Å²) in [5.41, 5.74) is 2.95. The molecule has 1 atom stereocenters. The Kier molecular flexibility index (Phi) is 6.07. The summed E-state index contributed by atoms with van der Waals surface area (Å²) in [6.07, 6.45) is 8.43. The first kappa shape index (κ1) is 19.1. The standard InChI is InChI=1S/C20H24N4O3S/c25-18(22-11-15-3-2-10-27-15)13-28-19-16-4-1-5-17(16)24(20(26)23-19)12-14-6-8-21-9-7-14/h6-9,15H,1-5,10-13H2,(H,22,25)/t15-/m1/s1. The molecule has 1 saturated heterocycles. The number of amides is 1. The molecule has 2 aromatic heterocycles. The van der Waals surface area contributed by atoms with Crippen molar-refractivity contribution >= 4 is 17.7 Å². The van der Waals surface area contributed by atoms with Gasteiger partial charge in [0.1, 0.15) is 5.03 Å². The number of thioether (sulfide) groups is 1. The number of nitrogens with one attached hydrogen (secondary N) is 1. The number of rotatable bonds is 7. The number of aromatic nitrogens is 3. The van der Waals surface area contributed by atoms with Gasteiger partial charge in [0.05, 0.1) is 18.4 Å². The lowest BCUT2D eigenvalue weighted by Crippen LogP contribution is -2.33. The van der Waals surface area contributed by atoms with Gasteiger partial charge in [-0.3, -0.25) is 14.3 Å². The van der Waals surface area contributed by atoms with Gasteiger partial charge in [0.25, 0.3) is 0 Å². The van der Waals surface area contributed by atoms with Gasteiger partial charge in [-0.15, -0.1) is 0 Å². The van der Waals surface area contributed by atoms with Gasteiger partial charge in [0.2, 0.25) is 5.91 Å². The Morgan fingerprint density at radius 1 is 1.29 bits per heavy atom. The first-order valence-corrected chi connectivity index (χ1v) is 10.7. The summed E-state index contributed by atoms with van der Waals surface area (Å²) < 4.78 is 7.29. The van der Waals surface area contributed by atoms with E-state index in [0.717, 1.165) is 55.5 Å². The number of pyridine rings is 1. The molecule has 0 saturated carbocycles. The summed E-state index contributed by atoms with van der Waals surface area (Å²) in [5.74, 6) is 0.218. The zero-order chi connectivity index (χ0) is 19.3. The highest BCUT2D eigenvalue weighted by atomic mass is 32.2. The van der Waals surface area contributed by atoms with Crippen molar-refractivity contribution in [1.82, 2.24) is 19.9 Å². The van der Waals surface area contributed by atoms with Crippen LogP contribution in [0, 0.1) is 0 Å². The molecule has 0 bridgehead atoms. The highest BCUT2D eigenvalue weighted by Gasteiger charge is 2.23. The average molecular weight is 401 g/mol. The van der Waals surface area contributed by atoms with Crippen LogP contribution in [-0.2, 0) is 28.9 Å². The lowest BCUT2D eigenvalue weighted by molar-refractivity contribution is -0.119. The maximum absolute atomic E-state index is 12.7. The van der Waals surface area contributed by atoms with E-state index in [1.165, 1.54) is 11.8 Å². The monoisotopic (exact) mass is 400 g/mol. The first-order valence-electron chi connectivity index (χ1n) is 9.73. The summed E-state index contributed by atoms with van der Waals surface area (Å²) in [7, 11) is 0. The fraction of sp³-hybridized carbons (Fsp3) is 0.500. The van der Waals surface area contributed by atoms with Crippen LogP contribution in [0.3, 0.4) is 0 Å². The second kappa shape index (κ2) is 8.87. The summed E-state index contributed by atoms with van der Waals surface area (Å²) in [6.45, 7) is 1.84. The lowest BCUT2D eigenvalue weighted by Gasteiger charge is -2.14. The van der Waals surface area contributed by atoms with E-state index in [9.17, 15) is 9.59 Å². The zero-order valence-corrected chi connectivity index (χ0v) is 16.5. The number of fused-ring (bicyclic) bond motifs is 1. The van der Waals surface area contributed by atoms with Crippen molar-refractivity contribution in [2.45, 2.75) is 49.8 Å². The topological polar surface area (TPSA) is 86.1 Å². The minimum atomic E-state index is -0.250. The third-order valence-corrected chi connectivity index (χ3v) is 6.20. The lowest BCUT2D eigenvalue weighted by atomic mass is 10.2. The molecule has 3 heterocycles. The number of hydrogen-bond donors (Lipinski definition) is 1. The highest BCUT2D eigenvalue weighted by molar-refractivity contribution is 7.99. The normalized spacial score (nSPS) is 18.2. The number of hydrogen-bond acceptors (Lipinski definition) is 6. The average Bonchev–Trinajstić information content (AvgIpc) is 3.40. The fourth-order valence-electron chi connectivity index (χ4n) is 3.76. The predicted octanol–water partition coefficient (Wildman–Crippen LogP) is 1.56. The van der Waals surface area contributed by atoms with Crippen molar-refractivity contribution in [3.8, 4) is 0 Å². The van der Waals surface area contributed by atoms with Crippen LogP contribution < -0.4 is 11.0 Å². The fourth-order valence-corrected chi connectivity index (χ4v) is 4.66. The number of nitrogens with zero attached hydrogens (tertiary/aromatic N) is 3. The Balaban J connectivity index is 1.43. The van der Waals surface area contributed by atoms with E-state index >= 15 is 0 Å². The maximum atomic E-state index is 12.7. The van der Waals surface area contributed by atoms with Crippen LogP contribution >= 0.6 is 11.8 Å². The van der Waals surface area contributed by atoms with Gasteiger partial charge in [-0.05, 0) is 49.8 Å². The molecule has 1 N–H and O–H groups in total. The molecule has 7 nitrogen and oxygen atoms in total. The number of carbonyl (C=O) groups is 1. The molecule has 1 fully saturated rings. The van der Waals surface area contributed by atoms with Crippen LogP contribution in [0.5, 0.6) is 0 Å². The first-order chi connectivity index (χ1) is 13.7. The summed E-state index contributed by atoms with van der Waals surface area (Å²) in [5, 5.41) is 3.62. The van der Waals surface area contributed by atoms with Crippen molar-refractivity contribution in [1.29, 1.82) is 0 Å². The van der Waals surface area contributed by atoms with E-state index in [2.05, 4.69) is 15.3 Å². The number of carbonyl (C=O) groups excluding carboxylic acids is 1. The minimum absolute atomic E-state index is 0.0463. The van der Waals surface area contributed by atoms with E-state index in [0.29, 0.717) is 18.1 Å². The molecular weight excluding hydrogens is 376 g/mol. The Hall–Kier alpha value is -2.19. The Bertz CT molecular complexity index is 894. The van der Waals surface area contributed by atoms with Crippen molar-refractivity contribution in [2.75, 3.05) is 18.9 Å². The maximum Gasteiger partial charge on any atom is 0.349 e. The predicted molar refractivity (Wildman–Crippen MR) is 107 cm³/mol. The van der Waals surface area contributed by atoms with Gasteiger partial charge in [0.15, 0.2) is 0 Å². The second-order valence-corrected chi connectivity index (χ2v) is 8.11. The molecule has 1 aliphatic carbocycles. The SMILES string of the molecule is O=C(CSc1nc(=O)n(Cc2ccncc2)c2c1CCC2)NC[C@H]1CCCO1. The van der Waals surface area contributed by atoms with Crippen LogP contribution in [-0.4, -0.2) is 45.5 Å². The molecule has 8 heteroatoms. The molecule has 2 aromatic rings. The van der Waals surface area contributed by atoms with E-state index < -0.39 is 0 Å². The highest BCUT2D eigenvalue weighted by Crippen LogP contribution is 2.29. The van der Waals surface area contributed by atoms with Gasteiger partial charge in [-0.2, -0.15) is 4.98 Å². The largest absolute Gasteiger partial charge is 0.376 e. The molecule has 0 aromatic carbocycles. The smallest absolute Gasteiger partial charge is 0.349 e. The third-order valence-electron chi connectivity index (χ3n) is 5.18. The van der Waals surface area contributed by atoms with Gasteiger partial charge in [0, 0.05) is 36.8 Å². The van der Waals surface area contributed by atoms with Gasteiger partial charge < -0.3 is 10.1 Å². The Labute approximate surface area is 167 Å². The van der Waals surface area contributed by atoms with Gasteiger partial charge in [-0.1, -0.05) is 11.8 Å². The van der Waals surface area contributed by atoms with Gasteiger partial charge >= 0.3 is 5.69 Å². The Morgan fingerprint density at radius 3 is 2.93 bits per heavy atom. The minimum Gasteiger partial charge on any atom is -0.376 e. The van der Waals surface area contributed by atoms with Crippen LogP contribution in [0.4, 0.5) is 0 Å². The van der Waals surface area contributed by atoms with E-state index in [1.54, 1.807) is 17.0 Å². The summed E-state index contributed by atoms with van der Waals surface area (Å²) in [4.78, 5) is 33.1. The van der Waals surface area contributed by atoms with E-state index in [-0.39, 0.29) is 23.5 Å². The van der Waals surface area contributed by atoms with E-state index in [4.69, 9.17) is 4.74 Å². The molecule has 148 valence electrons. The molecule has 1 aliphatic heterocycles. The Morgan fingerprint density at radius 2 is 2.14 bits per heavy atom. The molecule has 28 heavy (non-hydrogen) atoms. The third kappa shape index (κ3) is 4.44. The zero-order valence-electron chi connectivity index (χ0n) is 15.7. The molecular formula is C20H24N4O3S. The van der Waals surface area contributed by atoms with Crippen molar-refractivity contribution in [3.63, 3.8) is 0 Å². The summed E-state index contributed by atoms with van der Waals surface area (Å²) in [6, 6.07) is 3.82. The van der Waals surface area contributed by atoms with Crippen molar-refractivity contribution in [2.24, 2.45) is 0 Å². The van der Waals surface area contributed by atoms with Crippen molar-refractivity contribution in [3.05, 3.63) is 51.8 Å². The van der Waals surface area contributed by atoms with Crippen molar-refractivity contribution < 1.29 is 9.53 Å². The van der Waals surface area contributed by atoms with E-state index in [1.807, 2.05) is 12.1 Å². The van der Waals surface area contributed by atoms with Crippen LogP contribution in [0.25, 0.3) is 0 Å². The molecule has 0 unspecified atom stereocenters. The quantitative estimate of drug-likeness (QED) is 0.561. The van der Waals surface area contributed by atoms with Gasteiger partial charge in [-0.25, -0.2) is 4.79 Å². The molecule has 0 spiro atoms. The van der Waals surface area contributed by atoms with Crippen LogP contribution in [0.2, 0.25) is 0 Å².